The highest BCUT2D eigenvalue weighted by Gasteiger charge is 2.25. The van der Waals surface area contributed by atoms with E-state index in [0.29, 0.717) is 6.42 Å². The third kappa shape index (κ3) is 4.41. The molecule has 0 bridgehead atoms. The van der Waals surface area contributed by atoms with Crippen molar-refractivity contribution in [2.75, 3.05) is 19.6 Å². The number of carbonyl (C=O) groups is 1. The number of amides is 1. The SMILES string of the molecule is C[C@@H]1CNCCN1C(=O)Cc1sc(-c2ccccc2)nc1-c1cccs1.Cl. The van der Waals surface area contributed by atoms with E-state index in [4.69, 9.17) is 4.98 Å². The van der Waals surface area contributed by atoms with E-state index in [1.165, 1.54) is 0 Å². The predicted octanol–water partition coefficient (Wildman–Crippen LogP) is 4.32. The van der Waals surface area contributed by atoms with Gasteiger partial charge < -0.3 is 10.2 Å². The monoisotopic (exact) mass is 419 g/mol. The van der Waals surface area contributed by atoms with Gasteiger partial charge in [0.15, 0.2) is 0 Å². The number of carbonyl (C=O) groups excluding carboxylic acids is 1. The van der Waals surface area contributed by atoms with Crippen LogP contribution in [0.5, 0.6) is 0 Å². The number of aromatic nitrogens is 1. The van der Waals surface area contributed by atoms with Gasteiger partial charge in [0.05, 0.1) is 17.0 Å². The van der Waals surface area contributed by atoms with Crippen molar-refractivity contribution in [2.24, 2.45) is 0 Å². The summed E-state index contributed by atoms with van der Waals surface area (Å²) in [5.41, 5.74) is 2.06. The molecule has 3 heterocycles. The van der Waals surface area contributed by atoms with Gasteiger partial charge in [-0.1, -0.05) is 36.4 Å². The molecule has 0 unspecified atom stereocenters. The van der Waals surface area contributed by atoms with E-state index in [-0.39, 0.29) is 24.4 Å². The number of nitrogens with one attached hydrogen (secondary N) is 1. The molecule has 2 aromatic heterocycles. The maximum Gasteiger partial charge on any atom is 0.228 e. The minimum atomic E-state index is 0. The number of halogens is 1. The molecule has 1 fully saturated rings. The summed E-state index contributed by atoms with van der Waals surface area (Å²) in [6, 6.07) is 14.5. The predicted molar refractivity (Wildman–Crippen MR) is 116 cm³/mol. The highest BCUT2D eigenvalue weighted by Crippen LogP contribution is 2.36. The molecule has 7 heteroatoms. The van der Waals surface area contributed by atoms with Gasteiger partial charge in [-0.25, -0.2) is 4.98 Å². The number of hydrogen-bond donors (Lipinski definition) is 1. The molecular weight excluding hydrogens is 398 g/mol. The smallest absolute Gasteiger partial charge is 0.228 e. The van der Waals surface area contributed by atoms with E-state index in [9.17, 15) is 4.79 Å². The molecule has 1 aromatic carbocycles. The first kappa shape index (κ1) is 20.0. The lowest BCUT2D eigenvalue weighted by Crippen LogP contribution is -2.52. The highest BCUT2D eigenvalue weighted by atomic mass is 35.5. The second kappa shape index (κ2) is 8.97. The van der Waals surface area contributed by atoms with E-state index < -0.39 is 0 Å². The molecule has 1 aliphatic heterocycles. The zero-order chi connectivity index (χ0) is 17.9. The Bertz CT molecular complexity index is 880. The summed E-state index contributed by atoms with van der Waals surface area (Å²) in [7, 11) is 0. The zero-order valence-corrected chi connectivity index (χ0v) is 17.5. The van der Waals surface area contributed by atoms with Gasteiger partial charge in [0.1, 0.15) is 5.01 Å². The van der Waals surface area contributed by atoms with Crippen molar-refractivity contribution in [3.63, 3.8) is 0 Å². The molecule has 4 rings (SSSR count). The van der Waals surface area contributed by atoms with Gasteiger partial charge in [-0.3, -0.25) is 4.79 Å². The number of rotatable bonds is 4. The second-order valence-corrected chi connectivity index (χ2v) is 8.48. The molecule has 27 heavy (non-hydrogen) atoms. The number of benzene rings is 1. The topological polar surface area (TPSA) is 45.2 Å². The minimum absolute atomic E-state index is 0. The average molecular weight is 420 g/mol. The molecule has 1 aliphatic rings. The third-order valence-electron chi connectivity index (χ3n) is 4.61. The molecular formula is C20H22ClN3OS2. The van der Waals surface area contributed by atoms with Gasteiger partial charge in [-0.2, -0.15) is 0 Å². The lowest BCUT2D eigenvalue weighted by molar-refractivity contribution is -0.133. The second-order valence-electron chi connectivity index (χ2n) is 6.45. The molecule has 4 nitrogen and oxygen atoms in total. The molecule has 1 atom stereocenters. The quantitative estimate of drug-likeness (QED) is 0.684. The summed E-state index contributed by atoms with van der Waals surface area (Å²) in [4.78, 5) is 22.0. The molecule has 1 saturated heterocycles. The van der Waals surface area contributed by atoms with Crippen LogP contribution in [0.25, 0.3) is 21.1 Å². The summed E-state index contributed by atoms with van der Waals surface area (Å²) in [5, 5.41) is 6.37. The molecule has 3 aromatic rings. The van der Waals surface area contributed by atoms with Crippen LogP contribution >= 0.6 is 35.1 Å². The van der Waals surface area contributed by atoms with Crippen LogP contribution in [0, 0.1) is 0 Å². The third-order valence-corrected chi connectivity index (χ3v) is 6.59. The van der Waals surface area contributed by atoms with E-state index >= 15 is 0 Å². The Kier molecular flexibility index (Phi) is 6.65. The van der Waals surface area contributed by atoms with Gasteiger partial charge in [0, 0.05) is 36.1 Å². The van der Waals surface area contributed by atoms with E-state index in [1.807, 2.05) is 29.2 Å². The number of thiazole rings is 1. The summed E-state index contributed by atoms with van der Waals surface area (Å²) in [6.45, 7) is 4.61. The molecule has 0 aliphatic carbocycles. The van der Waals surface area contributed by atoms with Crippen molar-refractivity contribution in [1.29, 1.82) is 0 Å². The average Bonchev–Trinajstić information content (AvgIpc) is 3.32. The van der Waals surface area contributed by atoms with Crippen LogP contribution in [0.4, 0.5) is 0 Å². The molecule has 142 valence electrons. The Labute approximate surface area is 173 Å². The normalized spacial score (nSPS) is 16.8. The first-order valence-electron chi connectivity index (χ1n) is 8.81. The molecule has 0 saturated carbocycles. The first-order chi connectivity index (χ1) is 12.7. The Morgan fingerprint density at radius 2 is 2.07 bits per heavy atom. The van der Waals surface area contributed by atoms with Crippen LogP contribution in [0.2, 0.25) is 0 Å². The first-order valence-corrected chi connectivity index (χ1v) is 10.5. The fourth-order valence-corrected chi connectivity index (χ4v) is 5.11. The van der Waals surface area contributed by atoms with Crippen LogP contribution in [0.15, 0.2) is 47.8 Å². The van der Waals surface area contributed by atoms with Gasteiger partial charge in [-0.15, -0.1) is 35.1 Å². The van der Waals surface area contributed by atoms with Crippen molar-refractivity contribution < 1.29 is 4.79 Å². The van der Waals surface area contributed by atoms with Crippen LogP contribution in [0.1, 0.15) is 11.8 Å². The summed E-state index contributed by atoms with van der Waals surface area (Å²) in [5.74, 6) is 0.195. The standard InChI is InChI=1S/C20H21N3OS2.ClH/c1-14-13-21-9-10-23(14)18(24)12-17-19(16-8-5-11-25-16)22-20(26-17)15-6-3-2-4-7-15;/h2-8,11,14,21H,9-10,12-13H2,1H3;1H/t14-;/m1./s1. The van der Waals surface area contributed by atoms with E-state index in [0.717, 1.165) is 45.7 Å². The fraction of sp³-hybridized carbons (Fsp3) is 0.300. The van der Waals surface area contributed by atoms with Gasteiger partial charge >= 0.3 is 0 Å². The van der Waals surface area contributed by atoms with Gasteiger partial charge in [-0.05, 0) is 18.4 Å². The summed E-state index contributed by atoms with van der Waals surface area (Å²) in [6.07, 6.45) is 0.419. The lowest BCUT2D eigenvalue weighted by Gasteiger charge is -2.34. The maximum absolute atomic E-state index is 12.9. The van der Waals surface area contributed by atoms with E-state index in [1.54, 1.807) is 22.7 Å². The Hall–Kier alpha value is -1.73. The molecule has 0 spiro atoms. The van der Waals surface area contributed by atoms with Crippen LogP contribution in [0.3, 0.4) is 0 Å². The Morgan fingerprint density at radius 3 is 2.78 bits per heavy atom. The maximum atomic E-state index is 12.9. The largest absolute Gasteiger partial charge is 0.337 e. The van der Waals surface area contributed by atoms with Crippen molar-refractivity contribution >= 4 is 41.0 Å². The highest BCUT2D eigenvalue weighted by molar-refractivity contribution is 7.17. The van der Waals surface area contributed by atoms with Gasteiger partial charge in [0.2, 0.25) is 5.91 Å². The van der Waals surface area contributed by atoms with Crippen molar-refractivity contribution in [3.8, 4) is 21.1 Å². The summed E-state index contributed by atoms with van der Waals surface area (Å²) >= 11 is 3.31. The van der Waals surface area contributed by atoms with Crippen molar-refractivity contribution in [2.45, 2.75) is 19.4 Å². The minimum Gasteiger partial charge on any atom is -0.337 e. The van der Waals surface area contributed by atoms with E-state index in [2.05, 4.69) is 35.8 Å². The molecule has 0 radical (unpaired) electrons. The van der Waals surface area contributed by atoms with Crippen molar-refractivity contribution in [1.82, 2.24) is 15.2 Å². The summed E-state index contributed by atoms with van der Waals surface area (Å²) < 4.78 is 0. The Morgan fingerprint density at radius 1 is 1.26 bits per heavy atom. The molecule has 1 N–H and O–H groups in total. The van der Waals surface area contributed by atoms with Crippen LogP contribution < -0.4 is 5.32 Å². The van der Waals surface area contributed by atoms with Crippen LogP contribution in [-0.2, 0) is 11.2 Å². The number of nitrogens with zero attached hydrogens (tertiary/aromatic N) is 2. The molecule has 1 amide bonds. The number of hydrogen-bond acceptors (Lipinski definition) is 5. The number of piperazine rings is 1. The fourth-order valence-electron chi connectivity index (χ4n) is 3.23. The number of thiophene rings is 1. The van der Waals surface area contributed by atoms with Crippen LogP contribution in [-0.4, -0.2) is 41.5 Å². The zero-order valence-electron chi connectivity index (χ0n) is 15.1. The Balaban J connectivity index is 0.00000210. The van der Waals surface area contributed by atoms with Gasteiger partial charge in [0.25, 0.3) is 0 Å². The lowest BCUT2D eigenvalue weighted by atomic mass is 10.1. The van der Waals surface area contributed by atoms with Crippen molar-refractivity contribution in [3.05, 3.63) is 52.7 Å².